The zero-order chi connectivity index (χ0) is 24.8. The fourth-order valence-corrected chi connectivity index (χ4v) is 3.84. The second-order valence-corrected chi connectivity index (χ2v) is 8.74. The number of rotatable bonds is 8. The topological polar surface area (TPSA) is 67.9 Å². The van der Waals surface area contributed by atoms with Gasteiger partial charge in [0.05, 0.1) is 12.2 Å². The molecule has 1 aliphatic heterocycles. The van der Waals surface area contributed by atoms with Gasteiger partial charge >= 0.3 is 0 Å². The predicted molar refractivity (Wildman–Crippen MR) is 139 cm³/mol. The number of fused-ring (bicyclic) bond motifs is 1. The maximum Gasteiger partial charge on any atom is 0.267 e. The molecule has 6 nitrogen and oxygen atoms in total. The van der Waals surface area contributed by atoms with Gasteiger partial charge in [0.15, 0.2) is 6.10 Å². The van der Waals surface area contributed by atoms with Gasteiger partial charge in [-0.1, -0.05) is 56.3 Å². The molecule has 1 aliphatic rings. The zero-order valence-electron chi connectivity index (χ0n) is 20.2. The Kier molecular flexibility index (Phi) is 7.51. The first kappa shape index (κ1) is 24.1. The van der Waals surface area contributed by atoms with Gasteiger partial charge in [-0.15, -0.1) is 0 Å². The van der Waals surface area contributed by atoms with Crippen LogP contribution in [0.5, 0.6) is 11.5 Å². The molecule has 0 fully saturated rings. The number of para-hydroxylation sites is 1. The Hall–Kier alpha value is -4.06. The first-order valence-corrected chi connectivity index (χ1v) is 11.8. The van der Waals surface area contributed by atoms with E-state index >= 15 is 0 Å². The third-order valence-corrected chi connectivity index (χ3v) is 5.79. The lowest BCUT2D eigenvalue weighted by molar-refractivity contribution is -0.125. The van der Waals surface area contributed by atoms with Crippen LogP contribution in [0.3, 0.4) is 0 Å². The average Bonchev–Trinajstić information content (AvgIpc) is 2.86. The van der Waals surface area contributed by atoms with Crippen molar-refractivity contribution in [1.29, 1.82) is 0 Å². The average molecular weight is 471 g/mol. The third-order valence-electron chi connectivity index (χ3n) is 5.79. The number of hydrogen-bond donors (Lipinski definition) is 1. The van der Waals surface area contributed by atoms with E-state index in [1.807, 2.05) is 42.5 Å². The lowest BCUT2D eigenvalue weighted by Crippen LogP contribution is -2.46. The van der Waals surface area contributed by atoms with Crippen LogP contribution in [0.15, 0.2) is 78.9 Å². The molecule has 1 unspecified atom stereocenters. The minimum atomic E-state index is -0.626. The van der Waals surface area contributed by atoms with Crippen LogP contribution in [0.25, 0.3) is 6.08 Å². The molecule has 3 aromatic carbocycles. The van der Waals surface area contributed by atoms with Crippen molar-refractivity contribution in [3.8, 4) is 11.5 Å². The van der Waals surface area contributed by atoms with Gasteiger partial charge in [0.25, 0.3) is 5.91 Å². The smallest absolute Gasteiger partial charge is 0.267 e. The first-order chi connectivity index (χ1) is 16.9. The second kappa shape index (κ2) is 10.9. The summed E-state index contributed by atoms with van der Waals surface area (Å²) in [5, 5.41) is 2.86. The van der Waals surface area contributed by atoms with E-state index in [1.54, 1.807) is 36.1 Å². The van der Waals surface area contributed by atoms with Crippen LogP contribution >= 0.6 is 0 Å². The second-order valence-electron chi connectivity index (χ2n) is 8.74. The Bertz CT molecular complexity index is 1200. The van der Waals surface area contributed by atoms with E-state index in [1.165, 1.54) is 11.6 Å². The van der Waals surface area contributed by atoms with E-state index < -0.39 is 6.10 Å². The third kappa shape index (κ3) is 6.09. The van der Waals surface area contributed by atoms with Crippen LogP contribution in [-0.4, -0.2) is 31.1 Å². The van der Waals surface area contributed by atoms with Gasteiger partial charge in [0.1, 0.15) is 18.1 Å². The highest BCUT2D eigenvalue weighted by Crippen LogP contribution is 2.36. The Morgan fingerprint density at radius 1 is 1.09 bits per heavy atom. The number of nitrogens with one attached hydrogen (secondary N) is 1. The van der Waals surface area contributed by atoms with E-state index in [2.05, 4.69) is 31.3 Å². The van der Waals surface area contributed by atoms with E-state index in [9.17, 15) is 9.59 Å². The Morgan fingerprint density at radius 2 is 1.83 bits per heavy atom. The maximum absolute atomic E-state index is 12.7. The largest absolute Gasteiger partial charge is 0.492 e. The Balaban J connectivity index is 1.40. The molecule has 0 radical (unpaired) electrons. The predicted octanol–water partition coefficient (Wildman–Crippen LogP) is 5.65. The normalized spacial score (nSPS) is 15.1. The molecule has 2 amide bonds. The number of ether oxygens (including phenoxy) is 2. The van der Waals surface area contributed by atoms with E-state index in [0.717, 1.165) is 11.3 Å². The molecule has 1 heterocycles. The summed E-state index contributed by atoms with van der Waals surface area (Å²) in [6.45, 7) is 6.75. The molecule has 0 saturated heterocycles. The fraction of sp³-hybridized carbons (Fsp3) is 0.241. The molecule has 180 valence electrons. The van der Waals surface area contributed by atoms with Gasteiger partial charge < -0.3 is 19.7 Å². The summed E-state index contributed by atoms with van der Waals surface area (Å²) in [5.74, 6) is 1.39. The minimum Gasteiger partial charge on any atom is -0.492 e. The molecule has 4 rings (SSSR count). The number of amides is 2. The molecule has 0 saturated carbocycles. The standard InChI is InChI=1S/C29H30N2O4/c1-20(2)23-12-9-22(10-13-23)11-16-28(32)30-24-14-15-26-27(19-24)35-21(3)29(33)31(26)17-18-34-25-7-5-4-6-8-25/h4-16,19-21H,17-18H2,1-3H3,(H,30,32)/b16-11+. The number of benzene rings is 3. The summed E-state index contributed by atoms with van der Waals surface area (Å²) in [6.07, 6.45) is 2.66. The van der Waals surface area contributed by atoms with Crippen molar-refractivity contribution < 1.29 is 19.1 Å². The van der Waals surface area contributed by atoms with Gasteiger partial charge in [-0.05, 0) is 54.3 Å². The van der Waals surface area contributed by atoms with E-state index in [0.29, 0.717) is 36.2 Å². The van der Waals surface area contributed by atoms with E-state index in [-0.39, 0.29) is 11.8 Å². The summed E-state index contributed by atoms with van der Waals surface area (Å²) >= 11 is 0. The quantitative estimate of drug-likeness (QED) is 0.432. The summed E-state index contributed by atoms with van der Waals surface area (Å²) < 4.78 is 11.6. The van der Waals surface area contributed by atoms with Crippen molar-refractivity contribution in [3.63, 3.8) is 0 Å². The molecular formula is C29H30N2O4. The maximum atomic E-state index is 12.7. The molecule has 1 N–H and O–H groups in total. The molecule has 0 aliphatic carbocycles. The lowest BCUT2D eigenvalue weighted by atomic mass is 10.0. The monoisotopic (exact) mass is 470 g/mol. The van der Waals surface area contributed by atoms with Gasteiger partial charge in [-0.3, -0.25) is 9.59 Å². The van der Waals surface area contributed by atoms with Gasteiger partial charge in [0, 0.05) is 17.8 Å². The number of carbonyl (C=O) groups is 2. The van der Waals surface area contributed by atoms with Crippen molar-refractivity contribution in [2.75, 3.05) is 23.4 Å². The highest BCUT2D eigenvalue weighted by atomic mass is 16.5. The van der Waals surface area contributed by atoms with Crippen molar-refractivity contribution in [2.45, 2.75) is 32.8 Å². The molecule has 0 spiro atoms. The number of anilines is 2. The SMILES string of the molecule is CC1Oc2cc(NC(=O)/C=C/c3ccc(C(C)C)cc3)ccc2N(CCOc2ccccc2)C1=O. The zero-order valence-corrected chi connectivity index (χ0v) is 20.2. The van der Waals surface area contributed by atoms with Crippen LogP contribution in [0, 0.1) is 0 Å². The van der Waals surface area contributed by atoms with Crippen molar-refractivity contribution >= 4 is 29.3 Å². The van der Waals surface area contributed by atoms with Crippen LogP contribution in [0.1, 0.15) is 37.8 Å². The van der Waals surface area contributed by atoms with Gasteiger partial charge in [-0.2, -0.15) is 0 Å². The van der Waals surface area contributed by atoms with Crippen LogP contribution < -0.4 is 19.7 Å². The van der Waals surface area contributed by atoms with Crippen LogP contribution in [0.4, 0.5) is 11.4 Å². The summed E-state index contributed by atoms with van der Waals surface area (Å²) in [4.78, 5) is 26.9. The molecule has 0 bridgehead atoms. The first-order valence-electron chi connectivity index (χ1n) is 11.8. The fourth-order valence-electron chi connectivity index (χ4n) is 3.84. The van der Waals surface area contributed by atoms with Crippen molar-refractivity contribution in [2.24, 2.45) is 0 Å². The molecular weight excluding hydrogens is 440 g/mol. The number of hydrogen-bond acceptors (Lipinski definition) is 4. The Morgan fingerprint density at radius 3 is 2.54 bits per heavy atom. The van der Waals surface area contributed by atoms with Crippen LogP contribution in [0.2, 0.25) is 0 Å². The minimum absolute atomic E-state index is 0.127. The molecule has 6 heteroatoms. The van der Waals surface area contributed by atoms with Crippen molar-refractivity contribution in [3.05, 3.63) is 90.0 Å². The Labute approximate surface area is 206 Å². The molecule has 1 atom stereocenters. The highest BCUT2D eigenvalue weighted by Gasteiger charge is 2.31. The molecule has 35 heavy (non-hydrogen) atoms. The summed E-state index contributed by atoms with van der Waals surface area (Å²) in [5.41, 5.74) is 3.47. The van der Waals surface area contributed by atoms with Gasteiger partial charge in [0.2, 0.25) is 5.91 Å². The molecule has 0 aromatic heterocycles. The summed E-state index contributed by atoms with van der Waals surface area (Å²) in [7, 11) is 0. The summed E-state index contributed by atoms with van der Waals surface area (Å²) in [6, 6.07) is 22.9. The molecule has 3 aromatic rings. The van der Waals surface area contributed by atoms with E-state index in [4.69, 9.17) is 9.47 Å². The van der Waals surface area contributed by atoms with Crippen molar-refractivity contribution in [1.82, 2.24) is 0 Å². The van der Waals surface area contributed by atoms with Gasteiger partial charge in [-0.25, -0.2) is 0 Å². The number of carbonyl (C=O) groups excluding carboxylic acids is 2. The lowest BCUT2D eigenvalue weighted by Gasteiger charge is -2.33. The highest BCUT2D eigenvalue weighted by molar-refractivity contribution is 6.03. The van der Waals surface area contributed by atoms with Crippen LogP contribution in [-0.2, 0) is 9.59 Å². The number of nitrogens with zero attached hydrogens (tertiary/aromatic N) is 1.